The van der Waals surface area contributed by atoms with Crippen LogP contribution in [-0.2, 0) is 4.79 Å². The second-order valence-electron chi connectivity index (χ2n) is 5.83. The summed E-state index contributed by atoms with van der Waals surface area (Å²) >= 11 is 0. The summed E-state index contributed by atoms with van der Waals surface area (Å²) in [6.45, 7) is 10.9. The van der Waals surface area contributed by atoms with Crippen molar-refractivity contribution in [3.63, 3.8) is 0 Å². The van der Waals surface area contributed by atoms with Crippen molar-refractivity contribution in [3.05, 3.63) is 0 Å². The molecule has 0 amide bonds. The largest absolute Gasteiger partial charge is 0.481 e. The van der Waals surface area contributed by atoms with E-state index in [-0.39, 0.29) is 0 Å². The molecule has 0 aromatic rings. The van der Waals surface area contributed by atoms with Crippen LogP contribution >= 0.6 is 0 Å². The predicted molar refractivity (Wildman–Crippen MR) is 60.8 cm³/mol. The van der Waals surface area contributed by atoms with E-state index >= 15 is 0 Å². The van der Waals surface area contributed by atoms with Crippen molar-refractivity contribution in [1.29, 1.82) is 0 Å². The van der Waals surface area contributed by atoms with Crippen molar-refractivity contribution in [2.45, 2.75) is 34.1 Å². The number of piperidine rings is 1. The number of aliphatic carboxylic acids is 1. The summed E-state index contributed by atoms with van der Waals surface area (Å²) in [5, 5.41) is 9.08. The molecule has 2 atom stereocenters. The third-order valence-corrected chi connectivity index (χ3v) is 3.14. The van der Waals surface area contributed by atoms with Crippen LogP contribution in [-0.4, -0.2) is 35.6 Å². The van der Waals surface area contributed by atoms with Gasteiger partial charge in [-0.05, 0) is 32.1 Å². The quantitative estimate of drug-likeness (QED) is 0.780. The fourth-order valence-corrected chi connectivity index (χ4v) is 2.55. The van der Waals surface area contributed by atoms with E-state index in [4.69, 9.17) is 5.11 Å². The van der Waals surface area contributed by atoms with Gasteiger partial charge in [0.25, 0.3) is 0 Å². The number of hydrogen-bond donors (Lipinski definition) is 1. The van der Waals surface area contributed by atoms with E-state index < -0.39 is 11.4 Å². The molecule has 1 fully saturated rings. The van der Waals surface area contributed by atoms with Crippen molar-refractivity contribution >= 4 is 5.97 Å². The lowest BCUT2D eigenvalue weighted by Crippen LogP contribution is -2.45. The van der Waals surface area contributed by atoms with Gasteiger partial charge in [-0.1, -0.05) is 13.8 Å². The molecule has 0 saturated carbocycles. The summed E-state index contributed by atoms with van der Waals surface area (Å²) in [7, 11) is 0. The first kappa shape index (κ1) is 12.5. The van der Waals surface area contributed by atoms with Crippen molar-refractivity contribution in [3.8, 4) is 0 Å². The molecule has 3 heteroatoms. The standard InChI is InChI=1S/C12H23NO2/c1-9-5-10(2)7-13(6-9)8-12(3,4)11(14)15/h9-10H,5-8H2,1-4H3,(H,14,15). The number of hydrogen-bond acceptors (Lipinski definition) is 2. The molecule has 1 N–H and O–H groups in total. The van der Waals surface area contributed by atoms with Gasteiger partial charge in [-0.15, -0.1) is 0 Å². The first-order chi connectivity index (χ1) is 6.81. The van der Waals surface area contributed by atoms with Crippen molar-refractivity contribution in [1.82, 2.24) is 4.90 Å². The van der Waals surface area contributed by atoms with Gasteiger partial charge < -0.3 is 10.0 Å². The second kappa shape index (κ2) is 4.52. The highest BCUT2D eigenvalue weighted by Crippen LogP contribution is 2.25. The Labute approximate surface area is 92.5 Å². The van der Waals surface area contributed by atoms with E-state index in [1.165, 1.54) is 6.42 Å². The molecule has 15 heavy (non-hydrogen) atoms. The van der Waals surface area contributed by atoms with E-state index in [1.807, 2.05) is 0 Å². The number of rotatable bonds is 3. The molecule has 1 rings (SSSR count). The number of carbonyl (C=O) groups is 1. The maximum absolute atomic E-state index is 11.0. The third-order valence-electron chi connectivity index (χ3n) is 3.14. The summed E-state index contributed by atoms with van der Waals surface area (Å²) in [4.78, 5) is 13.3. The molecule has 0 radical (unpaired) electrons. The normalized spacial score (nSPS) is 29.1. The topological polar surface area (TPSA) is 40.5 Å². The third kappa shape index (κ3) is 3.49. The van der Waals surface area contributed by atoms with Crippen molar-refractivity contribution in [2.75, 3.05) is 19.6 Å². The lowest BCUT2D eigenvalue weighted by Gasteiger charge is -2.38. The highest BCUT2D eigenvalue weighted by atomic mass is 16.4. The highest BCUT2D eigenvalue weighted by Gasteiger charge is 2.32. The van der Waals surface area contributed by atoms with Gasteiger partial charge in [0.15, 0.2) is 0 Å². The van der Waals surface area contributed by atoms with Gasteiger partial charge in [0.1, 0.15) is 0 Å². The first-order valence-corrected chi connectivity index (χ1v) is 5.77. The lowest BCUT2D eigenvalue weighted by molar-refractivity contribution is -0.148. The van der Waals surface area contributed by atoms with Gasteiger partial charge in [0.05, 0.1) is 5.41 Å². The Hall–Kier alpha value is -0.570. The molecule has 1 heterocycles. The van der Waals surface area contributed by atoms with Crippen LogP contribution in [0.15, 0.2) is 0 Å². The molecule has 0 aliphatic carbocycles. The van der Waals surface area contributed by atoms with Gasteiger partial charge in [0.2, 0.25) is 0 Å². The zero-order chi connectivity index (χ0) is 11.6. The molecule has 0 aromatic carbocycles. The fourth-order valence-electron chi connectivity index (χ4n) is 2.55. The molecule has 1 saturated heterocycles. The van der Waals surface area contributed by atoms with Gasteiger partial charge in [-0.25, -0.2) is 0 Å². The first-order valence-electron chi connectivity index (χ1n) is 5.77. The van der Waals surface area contributed by atoms with Crippen LogP contribution in [0.5, 0.6) is 0 Å². The van der Waals surface area contributed by atoms with Gasteiger partial charge >= 0.3 is 5.97 Å². The summed E-state index contributed by atoms with van der Waals surface area (Å²) in [6.07, 6.45) is 1.27. The van der Waals surface area contributed by atoms with Gasteiger partial charge in [0, 0.05) is 19.6 Å². The molecular weight excluding hydrogens is 190 g/mol. The molecule has 1 aliphatic heterocycles. The molecular formula is C12H23NO2. The van der Waals surface area contributed by atoms with Crippen LogP contribution in [0.2, 0.25) is 0 Å². The van der Waals surface area contributed by atoms with E-state index in [9.17, 15) is 4.79 Å². The van der Waals surface area contributed by atoms with E-state index in [0.29, 0.717) is 18.4 Å². The molecule has 0 bridgehead atoms. The van der Waals surface area contributed by atoms with Gasteiger partial charge in [-0.3, -0.25) is 4.79 Å². The maximum Gasteiger partial charge on any atom is 0.310 e. The molecule has 2 unspecified atom stereocenters. The highest BCUT2D eigenvalue weighted by molar-refractivity contribution is 5.73. The molecule has 0 aromatic heterocycles. The Kier molecular flexibility index (Phi) is 3.77. The summed E-state index contributed by atoms with van der Waals surface area (Å²) < 4.78 is 0. The van der Waals surface area contributed by atoms with Gasteiger partial charge in [-0.2, -0.15) is 0 Å². The Morgan fingerprint density at radius 2 is 1.80 bits per heavy atom. The number of nitrogens with zero attached hydrogens (tertiary/aromatic N) is 1. The monoisotopic (exact) mass is 213 g/mol. The van der Waals surface area contributed by atoms with Crippen molar-refractivity contribution in [2.24, 2.45) is 17.3 Å². The van der Waals surface area contributed by atoms with Crippen molar-refractivity contribution < 1.29 is 9.90 Å². The minimum absolute atomic E-state index is 0.628. The lowest BCUT2D eigenvalue weighted by atomic mass is 9.88. The SMILES string of the molecule is CC1CC(C)CN(CC(C)(C)C(=O)O)C1. The zero-order valence-electron chi connectivity index (χ0n) is 10.3. The minimum atomic E-state index is -0.701. The second-order valence-corrected chi connectivity index (χ2v) is 5.83. The Balaban J connectivity index is 2.54. The Bertz CT molecular complexity index is 228. The summed E-state index contributed by atoms with van der Waals surface area (Å²) in [5.74, 6) is 0.685. The zero-order valence-corrected chi connectivity index (χ0v) is 10.3. The number of carboxylic acid groups (broad SMARTS) is 1. The van der Waals surface area contributed by atoms with E-state index in [0.717, 1.165) is 13.1 Å². The average Bonchev–Trinajstić information content (AvgIpc) is 1.99. The molecule has 0 spiro atoms. The fraction of sp³-hybridized carbons (Fsp3) is 0.917. The predicted octanol–water partition coefficient (Wildman–Crippen LogP) is 2.08. The summed E-state index contributed by atoms with van der Waals surface area (Å²) in [5.41, 5.74) is -0.628. The van der Waals surface area contributed by atoms with Crippen LogP contribution in [0.4, 0.5) is 0 Å². The van der Waals surface area contributed by atoms with Crippen LogP contribution in [0.25, 0.3) is 0 Å². The Morgan fingerprint density at radius 1 is 1.33 bits per heavy atom. The summed E-state index contributed by atoms with van der Waals surface area (Å²) in [6, 6.07) is 0. The maximum atomic E-state index is 11.0. The molecule has 1 aliphatic rings. The minimum Gasteiger partial charge on any atom is -0.481 e. The van der Waals surface area contributed by atoms with Crippen LogP contribution in [0, 0.1) is 17.3 Å². The Morgan fingerprint density at radius 3 is 2.20 bits per heavy atom. The van der Waals surface area contributed by atoms with Crippen LogP contribution in [0.1, 0.15) is 34.1 Å². The smallest absolute Gasteiger partial charge is 0.310 e. The van der Waals surface area contributed by atoms with Crippen LogP contribution < -0.4 is 0 Å². The van der Waals surface area contributed by atoms with E-state index in [2.05, 4.69) is 18.7 Å². The molecule has 88 valence electrons. The van der Waals surface area contributed by atoms with E-state index in [1.54, 1.807) is 13.8 Å². The van der Waals surface area contributed by atoms with Crippen LogP contribution in [0.3, 0.4) is 0 Å². The number of carboxylic acids is 1. The molecule has 3 nitrogen and oxygen atoms in total. The number of likely N-dealkylation sites (tertiary alicyclic amines) is 1. The average molecular weight is 213 g/mol.